The lowest BCUT2D eigenvalue weighted by atomic mass is 10.1. The van der Waals surface area contributed by atoms with Crippen LogP contribution in [0.15, 0.2) is 17.8 Å². The molecule has 0 aliphatic carbocycles. The maximum absolute atomic E-state index is 13.0. The molecule has 8 heteroatoms. The largest absolute Gasteiger partial charge is 0.378 e. The molecule has 0 radical (unpaired) electrons. The van der Waals surface area contributed by atoms with Crippen molar-refractivity contribution in [2.75, 3.05) is 32.8 Å². The zero-order valence-electron chi connectivity index (χ0n) is 13.7. The predicted molar refractivity (Wildman–Crippen MR) is 89.6 cm³/mol. The van der Waals surface area contributed by atoms with Crippen molar-refractivity contribution in [2.45, 2.75) is 26.1 Å². The van der Waals surface area contributed by atoms with E-state index in [9.17, 15) is 4.79 Å². The minimum atomic E-state index is -0.255. The van der Waals surface area contributed by atoms with Gasteiger partial charge < -0.3 is 9.64 Å². The molecule has 1 saturated heterocycles. The van der Waals surface area contributed by atoms with E-state index in [4.69, 9.17) is 4.74 Å². The first-order chi connectivity index (χ1) is 11.7. The van der Waals surface area contributed by atoms with Crippen molar-refractivity contribution in [1.82, 2.24) is 24.6 Å². The lowest BCUT2D eigenvalue weighted by molar-refractivity contribution is -0.140. The SMILES string of the molecule is Cc1ncsc1CN1Cc2ccnn2[C@H](C(=O)N2CCOCC2)C1. The fourth-order valence-corrected chi connectivity index (χ4v) is 4.16. The van der Waals surface area contributed by atoms with Crippen molar-refractivity contribution in [3.05, 3.63) is 34.0 Å². The first-order valence-corrected chi connectivity index (χ1v) is 9.10. The van der Waals surface area contributed by atoms with Crippen LogP contribution in [-0.2, 0) is 22.6 Å². The minimum Gasteiger partial charge on any atom is -0.378 e. The molecule has 128 valence electrons. The highest BCUT2D eigenvalue weighted by atomic mass is 32.1. The fourth-order valence-electron chi connectivity index (χ4n) is 3.34. The summed E-state index contributed by atoms with van der Waals surface area (Å²) in [5.74, 6) is 0.147. The van der Waals surface area contributed by atoms with E-state index in [-0.39, 0.29) is 11.9 Å². The Kier molecular flexibility index (Phi) is 4.34. The standard InChI is InChI=1S/C16H21N5O2S/c1-12-15(24-11-17-12)10-19-8-13-2-3-18-21(13)14(9-19)16(22)20-4-6-23-7-5-20/h2-3,11,14H,4-10H2,1H3/t14-/m0/s1. The number of morpholine rings is 1. The third-order valence-electron chi connectivity index (χ3n) is 4.68. The van der Waals surface area contributed by atoms with Crippen molar-refractivity contribution in [3.8, 4) is 0 Å². The van der Waals surface area contributed by atoms with Crippen molar-refractivity contribution in [1.29, 1.82) is 0 Å². The van der Waals surface area contributed by atoms with E-state index in [1.807, 2.05) is 28.1 Å². The number of hydrogen-bond donors (Lipinski definition) is 0. The molecule has 4 rings (SSSR count). The second kappa shape index (κ2) is 6.62. The minimum absolute atomic E-state index is 0.147. The Hall–Kier alpha value is -1.77. The lowest BCUT2D eigenvalue weighted by Gasteiger charge is -2.36. The summed E-state index contributed by atoms with van der Waals surface area (Å²) >= 11 is 1.68. The summed E-state index contributed by atoms with van der Waals surface area (Å²) in [4.78, 5) is 22.8. The van der Waals surface area contributed by atoms with E-state index in [0.717, 1.165) is 24.5 Å². The molecule has 4 heterocycles. The Morgan fingerprint density at radius 2 is 2.25 bits per heavy atom. The molecule has 1 atom stereocenters. The summed E-state index contributed by atoms with van der Waals surface area (Å²) in [6.07, 6.45) is 1.79. The van der Waals surface area contributed by atoms with Gasteiger partial charge in [0.1, 0.15) is 6.04 Å². The number of thiazole rings is 1. The zero-order valence-corrected chi connectivity index (χ0v) is 14.5. The number of fused-ring (bicyclic) bond motifs is 1. The number of amides is 1. The molecule has 0 saturated carbocycles. The van der Waals surface area contributed by atoms with Crippen LogP contribution in [0.5, 0.6) is 0 Å². The van der Waals surface area contributed by atoms with Gasteiger partial charge in [-0.05, 0) is 13.0 Å². The molecule has 7 nitrogen and oxygen atoms in total. The smallest absolute Gasteiger partial charge is 0.248 e. The van der Waals surface area contributed by atoms with Crippen LogP contribution in [0.4, 0.5) is 0 Å². The highest BCUT2D eigenvalue weighted by molar-refractivity contribution is 7.09. The van der Waals surface area contributed by atoms with Crippen LogP contribution in [0.3, 0.4) is 0 Å². The number of carbonyl (C=O) groups is 1. The molecule has 0 N–H and O–H groups in total. The summed E-state index contributed by atoms with van der Waals surface area (Å²) in [7, 11) is 0. The average molecular weight is 347 g/mol. The van der Waals surface area contributed by atoms with Gasteiger partial charge in [-0.1, -0.05) is 0 Å². The molecule has 1 amide bonds. The monoisotopic (exact) mass is 347 g/mol. The van der Waals surface area contributed by atoms with Crippen molar-refractivity contribution < 1.29 is 9.53 Å². The van der Waals surface area contributed by atoms with Crippen molar-refractivity contribution in [3.63, 3.8) is 0 Å². The van der Waals surface area contributed by atoms with E-state index in [2.05, 4.69) is 15.0 Å². The average Bonchev–Trinajstić information content (AvgIpc) is 3.24. The Bertz CT molecular complexity index is 722. The molecule has 2 aromatic rings. The van der Waals surface area contributed by atoms with Crippen LogP contribution >= 0.6 is 11.3 Å². The van der Waals surface area contributed by atoms with Crippen LogP contribution in [0.1, 0.15) is 22.3 Å². The van der Waals surface area contributed by atoms with Crippen LogP contribution in [0.2, 0.25) is 0 Å². The van der Waals surface area contributed by atoms with Crippen molar-refractivity contribution >= 4 is 17.2 Å². The maximum atomic E-state index is 13.0. The molecule has 0 unspecified atom stereocenters. The zero-order chi connectivity index (χ0) is 16.5. The van der Waals surface area contributed by atoms with Gasteiger partial charge in [0.25, 0.3) is 0 Å². The van der Waals surface area contributed by atoms with E-state index in [0.29, 0.717) is 32.8 Å². The summed E-state index contributed by atoms with van der Waals surface area (Å²) in [5.41, 5.74) is 4.06. The Labute approximate surface area is 144 Å². The quantitative estimate of drug-likeness (QED) is 0.831. The van der Waals surface area contributed by atoms with Gasteiger partial charge in [0.2, 0.25) is 5.91 Å². The van der Waals surface area contributed by atoms with Crippen LogP contribution < -0.4 is 0 Å². The normalized spacial score (nSPS) is 21.7. The van der Waals surface area contributed by atoms with Gasteiger partial charge in [-0.25, -0.2) is 4.98 Å². The molecule has 24 heavy (non-hydrogen) atoms. The fraction of sp³-hybridized carbons (Fsp3) is 0.562. The number of aromatic nitrogens is 3. The summed E-state index contributed by atoms with van der Waals surface area (Å²) < 4.78 is 7.26. The Morgan fingerprint density at radius 3 is 3.00 bits per heavy atom. The molecule has 0 bridgehead atoms. The molecule has 2 aromatic heterocycles. The Balaban J connectivity index is 1.54. The van der Waals surface area contributed by atoms with E-state index >= 15 is 0 Å². The van der Waals surface area contributed by atoms with E-state index < -0.39 is 0 Å². The van der Waals surface area contributed by atoms with Crippen LogP contribution in [-0.4, -0.2) is 63.3 Å². The second-order valence-corrected chi connectivity index (χ2v) is 7.19. The first-order valence-electron chi connectivity index (χ1n) is 8.22. The molecule has 0 spiro atoms. The molecular weight excluding hydrogens is 326 g/mol. The van der Waals surface area contributed by atoms with Crippen LogP contribution in [0, 0.1) is 6.92 Å². The topological polar surface area (TPSA) is 63.5 Å². The van der Waals surface area contributed by atoms with Gasteiger partial charge in [-0.3, -0.25) is 14.4 Å². The molecular formula is C16H21N5O2S. The van der Waals surface area contributed by atoms with Gasteiger partial charge in [0.15, 0.2) is 0 Å². The summed E-state index contributed by atoms with van der Waals surface area (Å²) in [5, 5.41) is 4.40. The summed E-state index contributed by atoms with van der Waals surface area (Å²) in [6, 6.07) is 1.75. The van der Waals surface area contributed by atoms with E-state index in [1.165, 1.54) is 4.88 Å². The first kappa shape index (κ1) is 15.7. The number of carbonyl (C=O) groups excluding carboxylic acids is 1. The molecule has 2 aliphatic heterocycles. The van der Waals surface area contributed by atoms with Gasteiger partial charge >= 0.3 is 0 Å². The highest BCUT2D eigenvalue weighted by Gasteiger charge is 2.34. The third kappa shape index (κ3) is 2.97. The number of ether oxygens (including phenoxy) is 1. The summed E-state index contributed by atoms with van der Waals surface area (Å²) in [6.45, 7) is 6.93. The van der Waals surface area contributed by atoms with Crippen LogP contribution in [0.25, 0.3) is 0 Å². The highest BCUT2D eigenvalue weighted by Crippen LogP contribution is 2.25. The molecule has 2 aliphatic rings. The van der Waals surface area contributed by atoms with E-state index in [1.54, 1.807) is 17.5 Å². The second-order valence-electron chi connectivity index (χ2n) is 6.25. The predicted octanol–water partition coefficient (Wildman–Crippen LogP) is 1.06. The number of hydrogen-bond acceptors (Lipinski definition) is 6. The molecule has 1 fully saturated rings. The number of rotatable bonds is 3. The van der Waals surface area contributed by atoms with Gasteiger partial charge in [-0.15, -0.1) is 11.3 Å². The molecule has 0 aromatic carbocycles. The number of aryl methyl sites for hydroxylation is 1. The van der Waals surface area contributed by atoms with Gasteiger partial charge in [0, 0.05) is 43.8 Å². The van der Waals surface area contributed by atoms with Crippen molar-refractivity contribution in [2.24, 2.45) is 0 Å². The Morgan fingerprint density at radius 1 is 1.42 bits per heavy atom. The van der Waals surface area contributed by atoms with Gasteiger partial charge in [-0.2, -0.15) is 5.10 Å². The lowest BCUT2D eigenvalue weighted by Crippen LogP contribution is -2.49. The maximum Gasteiger partial charge on any atom is 0.248 e. The van der Waals surface area contributed by atoms with Gasteiger partial charge in [0.05, 0.1) is 30.1 Å². The number of nitrogens with zero attached hydrogens (tertiary/aromatic N) is 5. The third-order valence-corrected chi connectivity index (χ3v) is 5.60.